The van der Waals surface area contributed by atoms with Crippen LogP contribution in [0.4, 0.5) is 0 Å². The average Bonchev–Trinajstić information content (AvgIpc) is 2.17. The molecule has 0 N–H and O–H groups in total. The number of piperidine rings is 1. The van der Waals surface area contributed by atoms with E-state index in [1.807, 2.05) is 0 Å². The molecule has 1 saturated heterocycles. The van der Waals surface area contributed by atoms with Gasteiger partial charge in [-0.2, -0.15) is 0 Å². The van der Waals surface area contributed by atoms with Crippen molar-refractivity contribution in [3.63, 3.8) is 0 Å². The van der Waals surface area contributed by atoms with E-state index in [0.29, 0.717) is 5.41 Å². The van der Waals surface area contributed by atoms with E-state index >= 15 is 0 Å². The molecule has 0 aliphatic carbocycles. The lowest BCUT2D eigenvalue weighted by Gasteiger charge is -2.41. The number of hydrogen-bond acceptors (Lipinski definition) is 1. The van der Waals surface area contributed by atoms with E-state index in [4.69, 9.17) is 0 Å². The van der Waals surface area contributed by atoms with Crippen molar-refractivity contribution in [3.05, 3.63) is 12.2 Å². The van der Waals surface area contributed by atoms with Crippen molar-refractivity contribution in [1.82, 2.24) is 4.90 Å². The van der Waals surface area contributed by atoms with E-state index in [1.165, 1.54) is 44.3 Å². The molecule has 1 rings (SSSR count). The molecular weight excluding hydrogens is 194 g/mol. The quantitative estimate of drug-likeness (QED) is 0.634. The molecule has 16 heavy (non-hydrogen) atoms. The highest BCUT2D eigenvalue weighted by atomic mass is 15.1. The van der Waals surface area contributed by atoms with Crippen molar-refractivity contribution in [2.45, 2.75) is 53.4 Å². The third-order valence-corrected chi connectivity index (χ3v) is 4.08. The molecule has 0 unspecified atom stereocenters. The second kappa shape index (κ2) is 5.86. The van der Waals surface area contributed by atoms with Crippen LogP contribution in [0.5, 0.6) is 0 Å². The predicted octanol–water partition coefficient (Wildman–Crippen LogP) is 4.10. The fraction of sp³-hybridized carbons (Fsp3) is 0.867. The van der Waals surface area contributed by atoms with Crippen molar-refractivity contribution in [1.29, 1.82) is 0 Å². The van der Waals surface area contributed by atoms with Gasteiger partial charge >= 0.3 is 0 Å². The van der Waals surface area contributed by atoms with Crippen LogP contribution < -0.4 is 0 Å². The SMILES string of the molecule is C=C(C)CN1CCC(C(C)(C)CCC)CC1. The summed E-state index contributed by atoms with van der Waals surface area (Å²) in [6.45, 7) is 17.0. The molecule has 1 heteroatoms. The predicted molar refractivity (Wildman–Crippen MR) is 72.7 cm³/mol. The first-order valence-electron chi connectivity index (χ1n) is 6.82. The largest absolute Gasteiger partial charge is 0.299 e. The van der Waals surface area contributed by atoms with E-state index in [-0.39, 0.29) is 0 Å². The van der Waals surface area contributed by atoms with E-state index in [1.54, 1.807) is 0 Å². The summed E-state index contributed by atoms with van der Waals surface area (Å²) < 4.78 is 0. The number of rotatable bonds is 5. The second-order valence-corrected chi connectivity index (χ2v) is 6.25. The smallest absolute Gasteiger partial charge is 0.0187 e. The zero-order chi connectivity index (χ0) is 12.2. The minimum atomic E-state index is 0.546. The summed E-state index contributed by atoms with van der Waals surface area (Å²) in [5.74, 6) is 0.925. The van der Waals surface area contributed by atoms with Gasteiger partial charge in [-0.05, 0) is 50.6 Å². The molecule has 0 atom stereocenters. The van der Waals surface area contributed by atoms with Gasteiger partial charge < -0.3 is 0 Å². The van der Waals surface area contributed by atoms with E-state index < -0.39 is 0 Å². The molecule has 0 aromatic heterocycles. The van der Waals surface area contributed by atoms with E-state index in [9.17, 15) is 0 Å². The van der Waals surface area contributed by atoms with Crippen LogP contribution in [-0.4, -0.2) is 24.5 Å². The zero-order valence-corrected chi connectivity index (χ0v) is 11.7. The van der Waals surface area contributed by atoms with Gasteiger partial charge in [0.25, 0.3) is 0 Å². The third kappa shape index (κ3) is 3.93. The van der Waals surface area contributed by atoms with Crippen molar-refractivity contribution >= 4 is 0 Å². The van der Waals surface area contributed by atoms with Crippen LogP contribution in [0.2, 0.25) is 0 Å². The summed E-state index contributed by atoms with van der Waals surface area (Å²) in [6.07, 6.45) is 5.44. The van der Waals surface area contributed by atoms with E-state index in [0.717, 1.165) is 12.5 Å². The minimum Gasteiger partial charge on any atom is -0.299 e. The highest BCUT2D eigenvalue weighted by Gasteiger charge is 2.31. The standard InChI is InChI=1S/C15H29N/c1-6-9-15(4,5)14-7-10-16(11-8-14)12-13(2)3/h14H,2,6-12H2,1,3-5H3. The summed E-state index contributed by atoms with van der Waals surface area (Å²) in [5, 5.41) is 0. The van der Waals surface area contributed by atoms with Gasteiger partial charge in [0.2, 0.25) is 0 Å². The molecule has 0 amide bonds. The first-order valence-corrected chi connectivity index (χ1v) is 6.82. The summed E-state index contributed by atoms with van der Waals surface area (Å²) >= 11 is 0. The van der Waals surface area contributed by atoms with Crippen molar-refractivity contribution in [2.75, 3.05) is 19.6 Å². The van der Waals surface area contributed by atoms with Gasteiger partial charge in [-0.25, -0.2) is 0 Å². The average molecular weight is 223 g/mol. The van der Waals surface area contributed by atoms with Crippen LogP contribution in [0.25, 0.3) is 0 Å². The number of nitrogens with zero attached hydrogens (tertiary/aromatic N) is 1. The highest BCUT2D eigenvalue weighted by molar-refractivity contribution is 4.93. The summed E-state index contributed by atoms with van der Waals surface area (Å²) in [5.41, 5.74) is 1.84. The molecule has 0 aromatic rings. The third-order valence-electron chi connectivity index (χ3n) is 4.08. The Morgan fingerprint density at radius 2 is 1.88 bits per heavy atom. The van der Waals surface area contributed by atoms with Crippen LogP contribution in [0.15, 0.2) is 12.2 Å². The zero-order valence-electron chi connectivity index (χ0n) is 11.7. The Morgan fingerprint density at radius 3 is 2.31 bits per heavy atom. The Labute approximate surface area is 102 Å². The van der Waals surface area contributed by atoms with Gasteiger partial charge in [0.05, 0.1) is 0 Å². The summed E-state index contributed by atoms with van der Waals surface area (Å²) in [7, 11) is 0. The Hall–Kier alpha value is -0.300. The van der Waals surface area contributed by atoms with Gasteiger partial charge in [0.1, 0.15) is 0 Å². The maximum Gasteiger partial charge on any atom is 0.0187 e. The fourth-order valence-electron chi connectivity index (χ4n) is 3.10. The molecule has 1 aliphatic heterocycles. The van der Waals surface area contributed by atoms with Crippen LogP contribution in [0.3, 0.4) is 0 Å². The van der Waals surface area contributed by atoms with Crippen molar-refractivity contribution < 1.29 is 0 Å². The molecule has 0 bridgehead atoms. The number of likely N-dealkylation sites (tertiary alicyclic amines) is 1. The summed E-state index contributed by atoms with van der Waals surface area (Å²) in [4.78, 5) is 2.56. The van der Waals surface area contributed by atoms with Crippen LogP contribution in [0, 0.1) is 11.3 Å². The lowest BCUT2D eigenvalue weighted by atomic mass is 9.71. The summed E-state index contributed by atoms with van der Waals surface area (Å²) in [6, 6.07) is 0. The van der Waals surface area contributed by atoms with Gasteiger partial charge in [-0.15, -0.1) is 0 Å². The topological polar surface area (TPSA) is 3.24 Å². The maximum absolute atomic E-state index is 4.00. The Bertz CT molecular complexity index is 222. The molecule has 1 nitrogen and oxygen atoms in total. The normalized spacial score (nSPS) is 20.0. The Balaban J connectivity index is 2.39. The minimum absolute atomic E-state index is 0.546. The van der Waals surface area contributed by atoms with Gasteiger partial charge in [-0.1, -0.05) is 39.3 Å². The molecule has 0 spiro atoms. The second-order valence-electron chi connectivity index (χ2n) is 6.25. The molecule has 0 radical (unpaired) electrons. The molecule has 1 heterocycles. The van der Waals surface area contributed by atoms with Crippen molar-refractivity contribution in [3.8, 4) is 0 Å². The Kier molecular flexibility index (Phi) is 5.04. The maximum atomic E-state index is 4.00. The lowest BCUT2D eigenvalue weighted by Crippen LogP contribution is -2.39. The van der Waals surface area contributed by atoms with Crippen molar-refractivity contribution in [2.24, 2.45) is 11.3 Å². The molecule has 0 saturated carbocycles. The Morgan fingerprint density at radius 1 is 1.31 bits per heavy atom. The van der Waals surface area contributed by atoms with E-state index in [2.05, 4.69) is 39.2 Å². The van der Waals surface area contributed by atoms with Crippen LogP contribution in [0.1, 0.15) is 53.4 Å². The van der Waals surface area contributed by atoms with Crippen LogP contribution >= 0.6 is 0 Å². The monoisotopic (exact) mass is 223 g/mol. The molecular formula is C15H29N. The highest BCUT2D eigenvalue weighted by Crippen LogP contribution is 2.38. The molecule has 0 aromatic carbocycles. The van der Waals surface area contributed by atoms with Crippen LogP contribution in [-0.2, 0) is 0 Å². The lowest BCUT2D eigenvalue weighted by molar-refractivity contribution is 0.0980. The van der Waals surface area contributed by atoms with Gasteiger partial charge in [0.15, 0.2) is 0 Å². The first kappa shape index (κ1) is 13.8. The van der Waals surface area contributed by atoms with Gasteiger partial charge in [0, 0.05) is 6.54 Å². The molecule has 1 aliphatic rings. The fourth-order valence-corrected chi connectivity index (χ4v) is 3.10. The molecule has 94 valence electrons. The first-order chi connectivity index (χ1) is 7.45. The van der Waals surface area contributed by atoms with Gasteiger partial charge in [-0.3, -0.25) is 4.90 Å². The number of hydrogen-bond donors (Lipinski definition) is 0. The molecule has 1 fully saturated rings.